The number of methoxy groups -OCH3 is 1. The lowest BCUT2D eigenvalue weighted by Crippen LogP contribution is -2.36. The molecule has 0 aliphatic heterocycles. The summed E-state index contributed by atoms with van der Waals surface area (Å²) in [7, 11) is 1.62. The first-order chi connectivity index (χ1) is 8.31. The van der Waals surface area contributed by atoms with E-state index >= 15 is 0 Å². The predicted molar refractivity (Wildman–Crippen MR) is 84.7 cm³/mol. The van der Waals surface area contributed by atoms with Crippen molar-refractivity contribution in [3.63, 3.8) is 0 Å². The maximum atomic E-state index is 5.18. The molecule has 6 heteroatoms. The second-order valence-electron chi connectivity index (χ2n) is 3.40. The molecule has 1 heterocycles. The van der Waals surface area contributed by atoms with Crippen LogP contribution in [-0.2, 0) is 6.54 Å². The summed E-state index contributed by atoms with van der Waals surface area (Å²) >= 11 is 0. The number of guanidine groups is 1. The van der Waals surface area contributed by atoms with E-state index in [1.807, 2.05) is 26.0 Å². The Morgan fingerprint density at radius 2 is 2.00 bits per heavy atom. The molecule has 1 rings (SSSR count). The van der Waals surface area contributed by atoms with Gasteiger partial charge in [-0.2, -0.15) is 0 Å². The molecule has 0 saturated heterocycles. The molecule has 0 aromatic carbocycles. The van der Waals surface area contributed by atoms with Crippen molar-refractivity contribution in [2.75, 3.05) is 20.2 Å². The maximum Gasteiger partial charge on any atom is 0.218 e. The van der Waals surface area contributed by atoms with E-state index in [0.717, 1.165) is 24.6 Å². The van der Waals surface area contributed by atoms with Gasteiger partial charge in [0, 0.05) is 24.8 Å². The highest BCUT2D eigenvalue weighted by atomic mass is 127. The molecule has 0 radical (unpaired) electrons. The number of rotatable bonds is 5. The Hall–Kier alpha value is -1.05. The number of nitrogens with zero attached hydrogens (tertiary/aromatic N) is 2. The van der Waals surface area contributed by atoms with Crippen LogP contribution in [0.25, 0.3) is 0 Å². The number of hydrogen-bond donors (Lipinski definition) is 2. The van der Waals surface area contributed by atoms with Gasteiger partial charge in [-0.05, 0) is 19.9 Å². The van der Waals surface area contributed by atoms with Crippen molar-refractivity contribution in [1.82, 2.24) is 15.6 Å². The van der Waals surface area contributed by atoms with Gasteiger partial charge in [0.1, 0.15) is 0 Å². The average molecular weight is 364 g/mol. The topological polar surface area (TPSA) is 58.5 Å². The third-order valence-electron chi connectivity index (χ3n) is 2.14. The van der Waals surface area contributed by atoms with E-state index < -0.39 is 0 Å². The zero-order chi connectivity index (χ0) is 12.5. The van der Waals surface area contributed by atoms with E-state index in [1.165, 1.54) is 0 Å². The van der Waals surface area contributed by atoms with E-state index in [9.17, 15) is 0 Å². The molecule has 0 fully saturated rings. The van der Waals surface area contributed by atoms with E-state index in [1.54, 1.807) is 13.3 Å². The highest BCUT2D eigenvalue weighted by Crippen LogP contribution is 2.14. The molecule has 18 heavy (non-hydrogen) atoms. The SMILES string of the molecule is CCNC(=NCc1cccnc1OC)NCC.I. The average Bonchev–Trinajstić information content (AvgIpc) is 2.37. The lowest BCUT2D eigenvalue weighted by atomic mass is 10.3. The molecule has 0 aliphatic rings. The van der Waals surface area contributed by atoms with Crippen LogP contribution >= 0.6 is 24.0 Å². The summed E-state index contributed by atoms with van der Waals surface area (Å²) in [6.45, 7) is 6.31. The first kappa shape index (κ1) is 16.9. The van der Waals surface area contributed by atoms with Gasteiger partial charge in [0.05, 0.1) is 13.7 Å². The third-order valence-corrected chi connectivity index (χ3v) is 2.14. The number of nitrogens with one attached hydrogen (secondary N) is 2. The molecule has 102 valence electrons. The van der Waals surface area contributed by atoms with Crippen LogP contribution in [0, 0.1) is 0 Å². The highest BCUT2D eigenvalue weighted by molar-refractivity contribution is 14.0. The largest absolute Gasteiger partial charge is 0.481 e. The second-order valence-corrected chi connectivity index (χ2v) is 3.40. The molecule has 2 N–H and O–H groups in total. The fourth-order valence-electron chi connectivity index (χ4n) is 1.40. The molecule has 0 bridgehead atoms. The van der Waals surface area contributed by atoms with Crippen molar-refractivity contribution in [2.24, 2.45) is 4.99 Å². The van der Waals surface area contributed by atoms with Crippen molar-refractivity contribution < 1.29 is 4.74 Å². The molecule has 1 aromatic heterocycles. The Morgan fingerprint density at radius 3 is 2.56 bits per heavy atom. The number of aliphatic imine (C=N–C) groups is 1. The van der Waals surface area contributed by atoms with Crippen LogP contribution in [0.5, 0.6) is 5.88 Å². The lowest BCUT2D eigenvalue weighted by Gasteiger charge is -2.09. The van der Waals surface area contributed by atoms with Gasteiger partial charge in [0.2, 0.25) is 5.88 Å². The van der Waals surface area contributed by atoms with Crippen LogP contribution < -0.4 is 15.4 Å². The van der Waals surface area contributed by atoms with Crippen LogP contribution in [0.3, 0.4) is 0 Å². The molecule has 0 saturated carbocycles. The first-order valence-electron chi connectivity index (χ1n) is 5.81. The molecular weight excluding hydrogens is 343 g/mol. The standard InChI is InChI=1S/C12H20N4O.HI/c1-4-13-12(14-5-2)16-9-10-7-6-8-15-11(10)17-3;/h6-8H,4-5,9H2,1-3H3,(H2,13,14,16);1H. The van der Waals surface area contributed by atoms with Gasteiger partial charge in [-0.3, -0.25) is 0 Å². The van der Waals surface area contributed by atoms with Crippen LogP contribution in [-0.4, -0.2) is 31.1 Å². The Morgan fingerprint density at radius 1 is 1.33 bits per heavy atom. The summed E-state index contributed by atoms with van der Waals surface area (Å²) in [5.41, 5.74) is 0.975. The van der Waals surface area contributed by atoms with Gasteiger partial charge in [0.15, 0.2) is 5.96 Å². The quantitative estimate of drug-likeness (QED) is 0.475. The molecule has 0 atom stereocenters. The minimum absolute atomic E-state index is 0. The zero-order valence-electron chi connectivity index (χ0n) is 11.1. The summed E-state index contributed by atoms with van der Waals surface area (Å²) in [6, 6.07) is 3.85. The minimum atomic E-state index is 0. The first-order valence-corrected chi connectivity index (χ1v) is 5.81. The zero-order valence-corrected chi connectivity index (χ0v) is 13.4. The number of aromatic nitrogens is 1. The Labute approximate surface area is 125 Å². The fraction of sp³-hybridized carbons (Fsp3) is 0.500. The van der Waals surface area contributed by atoms with Gasteiger partial charge < -0.3 is 15.4 Å². The number of pyridine rings is 1. The van der Waals surface area contributed by atoms with Gasteiger partial charge in [-0.15, -0.1) is 24.0 Å². The summed E-state index contributed by atoms with van der Waals surface area (Å²) < 4.78 is 5.18. The van der Waals surface area contributed by atoms with E-state index in [-0.39, 0.29) is 24.0 Å². The van der Waals surface area contributed by atoms with Crippen molar-refractivity contribution in [3.8, 4) is 5.88 Å². The Bertz CT molecular complexity index is 363. The highest BCUT2D eigenvalue weighted by Gasteiger charge is 2.02. The number of halogens is 1. The fourth-order valence-corrected chi connectivity index (χ4v) is 1.40. The van der Waals surface area contributed by atoms with E-state index in [2.05, 4.69) is 20.6 Å². The second kappa shape index (κ2) is 9.93. The summed E-state index contributed by atoms with van der Waals surface area (Å²) in [5.74, 6) is 1.43. The monoisotopic (exact) mass is 364 g/mol. The predicted octanol–water partition coefficient (Wildman–Crippen LogP) is 1.78. The molecule has 5 nitrogen and oxygen atoms in total. The molecule has 0 aliphatic carbocycles. The maximum absolute atomic E-state index is 5.18. The van der Waals surface area contributed by atoms with Crippen LogP contribution in [0.4, 0.5) is 0 Å². The van der Waals surface area contributed by atoms with Crippen LogP contribution in [0.1, 0.15) is 19.4 Å². The van der Waals surface area contributed by atoms with E-state index in [4.69, 9.17) is 4.74 Å². The summed E-state index contributed by atoms with van der Waals surface area (Å²) in [5, 5.41) is 6.34. The molecule has 0 spiro atoms. The van der Waals surface area contributed by atoms with Crippen molar-refractivity contribution in [1.29, 1.82) is 0 Å². The third kappa shape index (κ3) is 5.52. The molecule has 0 unspecified atom stereocenters. The summed E-state index contributed by atoms with van der Waals surface area (Å²) in [6.07, 6.45) is 1.71. The van der Waals surface area contributed by atoms with E-state index in [0.29, 0.717) is 12.4 Å². The molecule has 0 amide bonds. The molecule has 1 aromatic rings. The van der Waals surface area contributed by atoms with Crippen molar-refractivity contribution in [2.45, 2.75) is 20.4 Å². The van der Waals surface area contributed by atoms with Gasteiger partial charge >= 0.3 is 0 Å². The van der Waals surface area contributed by atoms with Gasteiger partial charge in [-0.25, -0.2) is 9.98 Å². The van der Waals surface area contributed by atoms with Crippen LogP contribution in [0.2, 0.25) is 0 Å². The van der Waals surface area contributed by atoms with Gasteiger partial charge in [0.25, 0.3) is 0 Å². The smallest absolute Gasteiger partial charge is 0.218 e. The minimum Gasteiger partial charge on any atom is -0.481 e. The Balaban J connectivity index is 0.00000289. The van der Waals surface area contributed by atoms with Gasteiger partial charge in [-0.1, -0.05) is 6.07 Å². The number of ether oxygens (including phenoxy) is 1. The summed E-state index contributed by atoms with van der Waals surface area (Å²) in [4.78, 5) is 8.59. The number of hydrogen-bond acceptors (Lipinski definition) is 3. The van der Waals surface area contributed by atoms with Crippen molar-refractivity contribution >= 4 is 29.9 Å². The molecular formula is C12H21IN4O. The lowest BCUT2D eigenvalue weighted by molar-refractivity contribution is 0.392. The normalized spacial score (nSPS) is 9.06. The van der Waals surface area contributed by atoms with Crippen LogP contribution in [0.15, 0.2) is 23.3 Å². The Kier molecular flexibility index (Phi) is 9.35. The van der Waals surface area contributed by atoms with Crippen molar-refractivity contribution in [3.05, 3.63) is 23.9 Å².